The molecule has 1 aliphatic rings. The third-order valence-electron chi connectivity index (χ3n) is 8.99. The maximum absolute atomic E-state index is 14.2. The van der Waals surface area contributed by atoms with Crippen LogP contribution in [0.3, 0.4) is 0 Å². The van der Waals surface area contributed by atoms with Crippen LogP contribution in [-0.2, 0) is 24.0 Å². The zero-order chi connectivity index (χ0) is 40.1. The second kappa shape index (κ2) is 20.2. The van der Waals surface area contributed by atoms with Crippen molar-refractivity contribution in [2.45, 2.75) is 124 Å². The van der Waals surface area contributed by atoms with Crippen LogP contribution in [-0.4, -0.2) is 35.6 Å². The number of benzene rings is 3. The molecule has 12 heteroatoms. The van der Waals surface area contributed by atoms with Gasteiger partial charge < -0.3 is 28.4 Å². The van der Waals surface area contributed by atoms with E-state index in [0.29, 0.717) is 29.0 Å². The highest BCUT2D eigenvalue weighted by Gasteiger charge is 2.38. The van der Waals surface area contributed by atoms with Gasteiger partial charge in [-0.05, 0) is 36.6 Å². The zero-order valence-corrected chi connectivity index (χ0v) is 32.5. The van der Waals surface area contributed by atoms with E-state index in [1.54, 1.807) is 42.5 Å². The molecule has 0 spiro atoms. The number of rotatable bonds is 18. The Balaban J connectivity index is 1.86. The van der Waals surface area contributed by atoms with Crippen molar-refractivity contribution in [1.29, 1.82) is 0 Å². The SMILES string of the molecule is CCCCCCCCCCCC(=O)c1c(OC(C)=O)cc(OC(C)=O)c([C@@H]2C[C@@H](c3ccc(OC(C)=O)cc3)Oc3cc(OC(C)=O)ccc32)c1OC(C)=O. The minimum atomic E-state index is -0.762. The molecule has 55 heavy (non-hydrogen) atoms. The van der Waals surface area contributed by atoms with Crippen molar-refractivity contribution in [2.24, 2.45) is 0 Å². The molecule has 0 radical (unpaired) electrons. The van der Waals surface area contributed by atoms with Crippen molar-refractivity contribution in [3.05, 3.63) is 70.8 Å². The molecule has 4 rings (SSSR count). The van der Waals surface area contributed by atoms with E-state index in [4.69, 9.17) is 28.4 Å². The molecule has 0 amide bonds. The van der Waals surface area contributed by atoms with Crippen molar-refractivity contribution in [3.63, 3.8) is 0 Å². The number of fused-ring (bicyclic) bond motifs is 1. The molecule has 1 heterocycles. The van der Waals surface area contributed by atoms with E-state index in [0.717, 1.165) is 25.7 Å². The van der Waals surface area contributed by atoms with Crippen molar-refractivity contribution >= 4 is 35.6 Å². The smallest absolute Gasteiger partial charge is 0.308 e. The lowest BCUT2D eigenvalue weighted by atomic mass is 9.80. The molecule has 0 bridgehead atoms. The summed E-state index contributed by atoms with van der Waals surface area (Å²) in [7, 11) is 0. The van der Waals surface area contributed by atoms with Crippen molar-refractivity contribution < 1.29 is 57.2 Å². The highest BCUT2D eigenvalue weighted by Crippen LogP contribution is 2.53. The number of ether oxygens (including phenoxy) is 6. The quantitative estimate of drug-likeness (QED) is 0.0525. The maximum Gasteiger partial charge on any atom is 0.308 e. The van der Waals surface area contributed by atoms with Crippen molar-refractivity contribution in [2.75, 3.05) is 0 Å². The van der Waals surface area contributed by atoms with Gasteiger partial charge in [0.15, 0.2) is 11.5 Å². The van der Waals surface area contributed by atoms with Gasteiger partial charge in [0.25, 0.3) is 0 Å². The minimum Gasteiger partial charge on any atom is -0.485 e. The Bertz CT molecular complexity index is 1880. The second-order valence-electron chi connectivity index (χ2n) is 13.6. The van der Waals surface area contributed by atoms with Gasteiger partial charge in [0.2, 0.25) is 0 Å². The molecular weight excluding hydrogens is 708 g/mol. The van der Waals surface area contributed by atoms with E-state index < -0.39 is 47.7 Å². The lowest BCUT2D eigenvalue weighted by Gasteiger charge is -2.34. The Labute approximate surface area is 321 Å². The van der Waals surface area contributed by atoms with Crippen LogP contribution in [0, 0.1) is 0 Å². The first-order valence-electron chi connectivity index (χ1n) is 18.8. The summed E-state index contributed by atoms with van der Waals surface area (Å²) in [5, 5.41) is 0. The molecule has 1 aliphatic heterocycles. The number of esters is 5. The maximum atomic E-state index is 14.2. The third kappa shape index (κ3) is 12.2. The van der Waals surface area contributed by atoms with Gasteiger partial charge in [0, 0.05) is 70.2 Å². The van der Waals surface area contributed by atoms with E-state index in [1.807, 2.05) is 0 Å². The summed E-state index contributed by atoms with van der Waals surface area (Å²) in [6.45, 7) is 8.29. The van der Waals surface area contributed by atoms with Gasteiger partial charge in [-0.3, -0.25) is 28.8 Å². The predicted molar refractivity (Wildman–Crippen MR) is 202 cm³/mol. The molecule has 0 aromatic heterocycles. The van der Waals surface area contributed by atoms with E-state index in [1.165, 1.54) is 66.4 Å². The van der Waals surface area contributed by atoms with E-state index in [9.17, 15) is 28.8 Å². The van der Waals surface area contributed by atoms with E-state index >= 15 is 0 Å². The Morgan fingerprint density at radius 1 is 0.600 bits per heavy atom. The van der Waals surface area contributed by atoms with Crippen LogP contribution in [0.2, 0.25) is 0 Å². The van der Waals surface area contributed by atoms with E-state index in [2.05, 4.69) is 6.92 Å². The summed E-state index contributed by atoms with van der Waals surface area (Å²) in [6.07, 6.45) is 8.88. The highest BCUT2D eigenvalue weighted by atomic mass is 16.6. The molecule has 0 unspecified atom stereocenters. The lowest BCUT2D eigenvalue weighted by molar-refractivity contribution is -0.133. The fourth-order valence-corrected chi connectivity index (χ4v) is 6.74. The van der Waals surface area contributed by atoms with Crippen LogP contribution in [0.1, 0.15) is 151 Å². The molecule has 3 aromatic rings. The van der Waals surface area contributed by atoms with Crippen LogP contribution in [0.25, 0.3) is 0 Å². The average molecular weight is 759 g/mol. The van der Waals surface area contributed by atoms with E-state index in [-0.39, 0.29) is 47.0 Å². The van der Waals surface area contributed by atoms with Crippen LogP contribution in [0.4, 0.5) is 0 Å². The van der Waals surface area contributed by atoms with Gasteiger partial charge in [0.1, 0.15) is 40.4 Å². The summed E-state index contributed by atoms with van der Waals surface area (Å²) >= 11 is 0. The molecule has 12 nitrogen and oxygen atoms in total. The summed E-state index contributed by atoms with van der Waals surface area (Å²) in [4.78, 5) is 75.5. The van der Waals surface area contributed by atoms with Gasteiger partial charge in [0.05, 0.1) is 0 Å². The van der Waals surface area contributed by atoms with Crippen molar-refractivity contribution in [1.82, 2.24) is 0 Å². The monoisotopic (exact) mass is 758 g/mol. The number of hydrogen-bond donors (Lipinski definition) is 0. The molecule has 0 aliphatic carbocycles. The van der Waals surface area contributed by atoms with Gasteiger partial charge >= 0.3 is 29.8 Å². The molecule has 0 saturated heterocycles. The fraction of sp³-hybridized carbons (Fsp3) is 0.442. The third-order valence-corrected chi connectivity index (χ3v) is 8.99. The lowest BCUT2D eigenvalue weighted by Crippen LogP contribution is -2.23. The second-order valence-corrected chi connectivity index (χ2v) is 13.6. The number of carbonyl (C=O) groups excluding carboxylic acids is 6. The van der Waals surface area contributed by atoms with Crippen LogP contribution >= 0.6 is 0 Å². The molecule has 0 saturated carbocycles. The van der Waals surface area contributed by atoms with Gasteiger partial charge in [-0.1, -0.05) is 76.5 Å². The summed E-state index contributed by atoms with van der Waals surface area (Å²) in [5.74, 6) is -4.08. The van der Waals surface area contributed by atoms with Crippen LogP contribution in [0.5, 0.6) is 34.5 Å². The number of Topliss-reactive ketones (excluding diaryl/α,β-unsaturated/α-hetero) is 1. The van der Waals surface area contributed by atoms with Crippen molar-refractivity contribution in [3.8, 4) is 34.5 Å². The van der Waals surface area contributed by atoms with Gasteiger partial charge in [-0.25, -0.2) is 0 Å². The first kappa shape index (κ1) is 42.2. The number of hydrogen-bond acceptors (Lipinski definition) is 12. The van der Waals surface area contributed by atoms with Gasteiger partial charge in [-0.2, -0.15) is 0 Å². The van der Waals surface area contributed by atoms with Crippen LogP contribution < -0.4 is 28.4 Å². The predicted octanol–water partition coefficient (Wildman–Crippen LogP) is 9.07. The molecule has 0 N–H and O–H groups in total. The normalized spacial score (nSPS) is 14.5. The Morgan fingerprint density at radius 3 is 1.71 bits per heavy atom. The molecule has 294 valence electrons. The summed E-state index contributed by atoms with van der Waals surface area (Å²) in [6, 6.07) is 12.8. The average Bonchev–Trinajstić information content (AvgIpc) is 3.09. The summed E-state index contributed by atoms with van der Waals surface area (Å²) in [5.41, 5.74) is 1.28. The first-order chi connectivity index (χ1) is 26.3. The van der Waals surface area contributed by atoms with Crippen LogP contribution in [0.15, 0.2) is 48.5 Å². The molecule has 2 atom stereocenters. The number of unbranched alkanes of at least 4 members (excludes halogenated alkanes) is 8. The molecule has 0 fully saturated rings. The first-order valence-corrected chi connectivity index (χ1v) is 18.8. The highest BCUT2D eigenvalue weighted by molar-refractivity contribution is 6.03. The Hall–Kier alpha value is -5.52. The summed E-state index contributed by atoms with van der Waals surface area (Å²) < 4.78 is 34.2. The topological polar surface area (TPSA) is 158 Å². The van der Waals surface area contributed by atoms with Gasteiger partial charge in [-0.15, -0.1) is 0 Å². The Kier molecular flexibility index (Phi) is 15.5. The number of ketones is 1. The standard InChI is InChI=1S/C43H50O12/c1-7-8-9-10-11-12-13-14-15-16-36(49)42-40(53-29(5)47)25-39(52-28(4)46)41(43(42)54-30(6)48)35-24-37(31-17-19-32(20-18-31)50-26(2)44)55-38-23-33(51-27(3)45)21-22-34(35)38/h17-23,25,35,37H,7-16,24H2,1-6H3/t35-,37+/m1/s1. The largest absolute Gasteiger partial charge is 0.485 e. The molecule has 3 aromatic carbocycles. The zero-order valence-electron chi connectivity index (χ0n) is 32.5. The number of carbonyl (C=O) groups is 6. The minimum absolute atomic E-state index is 0.0815. The Morgan fingerprint density at radius 2 is 1.13 bits per heavy atom. The fourth-order valence-electron chi connectivity index (χ4n) is 6.74. The molecular formula is C43H50O12.